The fourth-order valence-electron chi connectivity index (χ4n) is 2.15. The first-order valence-electron chi connectivity index (χ1n) is 6.89. The first kappa shape index (κ1) is 16.3. The van der Waals surface area contributed by atoms with E-state index >= 15 is 0 Å². The number of thiocarbonyl (C=S) groups is 1. The van der Waals surface area contributed by atoms with E-state index in [2.05, 4.69) is 44.4 Å². The lowest BCUT2D eigenvalue weighted by Crippen LogP contribution is -2.32. The van der Waals surface area contributed by atoms with E-state index in [1.165, 1.54) is 38.2 Å². The summed E-state index contributed by atoms with van der Waals surface area (Å²) in [5, 5.41) is 0. The summed E-state index contributed by atoms with van der Waals surface area (Å²) in [7, 11) is 0. The largest absolute Gasteiger partial charge is 0.393 e. The predicted octanol–water partition coefficient (Wildman–Crippen LogP) is 3.30. The molecule has 1 aliphatic heterocycles. The second-order valence-corrected chi connectivity index (χ2v) is 8.79. The molecular weight excluding hydrogens is 260 g/mol. The van der Waals surface area contributed by atoms with Crippen LogP contribution in [-0.4, -0.2) is 40.0 Å². The number of hydrogen-bond donors (Lipinski definition) is 1. The monoisotopic (exact) mass is 288 g/mol. The molecule has 0 aliphatic carbocycles. The van der Waals surface area contributed by atoms with E-state index in [4.69, 9.17) is 18.0 Å². The maximum absolute atomic E-state index is 5.76. The van der Waals surface area contributed by atoms with Crippen LogP contribution in [0.5, 0.6) is 0 Å². The SMILES string of the molecule is CC1(C)CCN(CCCC(C)(C)C(N)=S)CCS1. The molecule has 2 nitrogen and oxygen atoms in total. The van der Waals surface area contributed by atoms with Crippen molar-refractivity contribution in [2.45, 2.75) is 51.7 Å². The summed E-state index contributed by atoms with van der Waals surface area (Å²) in [5.74, 6) is 1.26. The number of rotatable bonds is 5. The van der Waals surface area contributed by atoms with Crippen LogP contribution in [0, 0.1) is 5.41 Å². The molecule has 1 rings (SSSR count). The van der Waals surface area contributed by atoms with Gasteiger partial charge >= 0.3 is 0 Å². The van der Waals surface area contributed by atoms with Gasteiger partial charge in [-0.3, -0.25) is 0 Å². The minimum absolute atomic E-state index is 0.00913. The summed E-state index contributed by atoms with van der Waals surface area (Å²) in [6, 6.07) is 0. The van der Waals surface area contributed by atoms with Crippen LogP contribution in [-0.2, 0) is 0 Å². The molecule has 0 spiro atoms. The summed E-state index contributed by atoms with van der Waals surface area (Å²) in [5.41, 5.74) is 5.77. The highest BCUT2D eigenvalue weighted by Gasteiger charge is 2.24. The zero-order valence-electron chi connectivity index (χ0n) is 12.3. The molecule has 1 fully saturated rings. The van der Waals surface area contributed by atoms with Gasteiger partial charge < -0.3 is 10.6 Å². The molecule has 0 aromatic heterocycles. The van der Waals surface area contributed by atoms with Crippen molar-refractivity contribution < 1.29 is 0 Å². The molecule has 106 valence electrons. The molecule has 2 N–H and O–H groups in total. The van der Waals surface area contributed by atoms with Gasteiger partial charge in [0.05, 0.1) is 4.99 Å². The van der Waals surface area contributed by atoms with Gasteiger partial charge in [-0.05, 0) is 32.4 Å². The van der Waals surface area contributed by atoms with E-state index in [0.29, 0.717) is 9.74 Å². The van der Waals surface area contributed by atoms with Gasteiger partial charge in [-0.1, -0.05) is 39.9 Å². The van der Waals surface area contributed by atoms with Crippen molar-refractivity contribution in [3.05, 3.63) is 0 Å². The Morgan fingerprint density at radius 3 is 2.67 bits per heavy atom. The maximum Gasteiger partial charge on any atom is 0.0784 e. The number of nitrogens with zero attached hydrogens (tertiary/aromatic N) is 1. The van der Waals surface area contributed by atoms with Gasteiger partial charge in [0.2, 0.25) is 0 Å². The Labute approximate surface area is 122 Å². The number of thioether (sulfide) groups is 1. The van der Waals surface area contributed by atoms with Crippen molar-refractivity contribution in [1.82, 2.24) is 4.90 Å². The molecular formula is C14H28N2S2. The van der Waals surface area contributed by atoms with Gasteiger partial charge in [-0.15, -0.1) is 0 Å². The summed E-state index contributed by atoms with van der Waals surface area (Å²) in [4.78, 5) is 3.24. The Morgan fingerprint density at radius 1 is 1.39 bits per heavy atom. The van der Waals surface area contributed by atoms with Crippen LogP contribution in [0.25, 0.3) is 0 Å². The van der Waals surface area contributed by atoms with Crippen molar-refractivity contribution in [2.75, 3.05) is 25.4 Å². The Hall–Kier alpha value is 0.200. The summed E-state index contributed by atoms with van der Waals surface area (Å²) in [6.07, 6.45) is 3.57. The van der Waals surface area contributed by atoms with Gasteiger partial charge in [-0.25, -0.2) is 0 Å². The lowest BCUT2D eigenvalue weighted by atomic mass is 9.88. The van der Waals surface area contributed by atoms with E-state index in [1.807, 2.05) is 0 Å². The van der Waals surface area contributed by atoms with E-state index in [0.717, 1.165) is 6.42 Å². The van der Waals surface area contributed by atoms with E-state index in [-0.39, 0.29) is 5.41 Å². The lowest BCUT2D eigenvalue weighted by molar-refractivity contribution is 0.267. The second-order valence-electron chi connectivity index (χ2n) is 6.55. The van der Waals surface area contributed by atoms with Gasteiger partial charge in [-0.2, -0.15) is 11.8 Å². The molecule has 0 amide bonds. The highest BCUT2D eigenvalue weighted by molar-refractivity contribution is 8.00. The fraction of sp³-hybridized carbons (Fsp3) is 0.929. The van der Waals surface area contributed by atoms with Crippen molar-refractivity contribution >= 4 is 29.0 Å². The molecule has 0 saturated carbocycles. The van der Waals surface area contributed by atoms with E-state index in [1.54, 1.807) is 0 Å². The predicted molar refractivity (Wildman–Crippen MR) is 87.4 cm³/mol. The fourth-order valence-corrected chi connectivity index (χ4v) is 3.39. The maximum atomic E-state index is 5.76. The lowest BCUT2D eigenvalue weighted by Gasteiger charge is -2.26. The Kier molecular flexibility index (Phi) is 5.94. The van der Waals surface area contributed by atoms with Crippen LogP contribution in [0.3, 0.4) is 0 Å². The third-order valence-corrected chi connectivity index (χ3v) is 5.80. The zero-order chi connectivity index (χ0) is 13.8. The third kappa shape index (κ3) is 5.45. The van der Waals surface area contributed by atoms with Gasteiger partial charge in [0.1, 0.15) is 0 Å². The smallest absolute Gasteiger partial charge is 0.0784 e. The molecule has 1 aliphatic rings. The minimum Gasteiger partial charge on any atom is -0.393 e. The van der Waals surface area contributed by atoms with E-state index < -0.39 is 0 Å². The molecule has 0 unspecified atom stereocenters. The van der Waals surface area contributed by atoms with Crippen LogP contribution >= 0.6 is 24.0 Å². The van der Waals surface area contributed by atoms with Crippen molar-refractivity contribution in [2.24, 2.45) is 11.1 Å². The Balaban J connectivity index is 2.30. The van der Waals surface area contributed by atoms with Gasteiger partial charge in [0, 0.05) is 22.5 Å². The number of hydrogen-bond acceptors (Lipinski definition) is 3. The minimum atomic E-state index is 0.00913. The standard InChI is InChI=1S/C14H28N2S2/c1-13(2,12(15)17)6-5-8-16-9-7-14(3,4)18-11-10-16/h5-11H2,1-4H3,(H2,15,17). The average molecular weight is 289 g/mol. The highest BCUT2D eigenvalue weighted by Crippen LogP contribution is 2.31. The molecule has 0 radical (unpaired) electrons. The van der Waals surface area contributed by atoms with Gasteiger partial charge in [0.15, 0.2) is 0 Å². The summed E-state index contributed by atoms with van der Waals surface area (Å²) >= 11 is 7.22. The van der Waals surface area contributed by atoms with Crippen molar-refractivity contribution in [1.29, 1.82) is 0 Å². The summed E-state index contributed by atoms with van der Waals surface area (Å²) in [6.45, 7) is 12.7. The molecule has 0 bridgehead atoms. The highest BCUT2D eigenvalue weighted by atomic mass is 32.2. The van der Waals surface area contributed by atoms with E-state index in [9.17, 15) is 0 Å². The Morgan fingerprint density at radius 2 is 2.06 bits per heavy atom. The van der Waals surface area contributed by atoms with Crippen LogP contribution in [0.4, 0.5) is 0 Å². The Bertz CT molecular complexity index is 288. The molecule has 0 atom stereocenters. The normalized spacial score (nSPS) is 21.6. The third-order valence-electron chi connectivity index (χ3n) is 3.87. The summed E-state index contributed by atoms with van der Waals surface area (Å²) < 4.78 is 0.451. The topological polar surface area (TPSA) is 29.3 Å². The average Bonchev–Trinajstić information content (AvgIpc) is 2.40. The molecule has 0 aromatic carbocycles. The number of nitrogens with two attached hydrogens (primary N) is 1. The molecule has 1 saturated heterocycles. The van der Waals surface area contributed by atoms with Crippen LogP contribution in [0.1, 0.15) is 47.0 Å². The first-order chi connectivity index (χ1) is 8.23. The zero-order valence-corrected chi connectivity index (χ0v) is 13.9. The second kappa shape index (κ2) is 6.58. The van der Waals surface area contributed by atoms with Crippen molar-refractivity contribution in [3.8, 4) is 0 Å². The van der Waals surface area contributed by atoms with Crippen LogP contribution < -0.4 is 5.73 Å². The molecule has 4 heteroatoms. The van der Waals surface area contributed by atoms with Crippen LogP contribution in [0.2, 0.25) is 0 Å². The van der Waals surface area contributed by atoms with Crippen molar-refractivity contribution in [3.63, 3.8) is 0 Å². The molecule has 0 aromatic rings. The quantitative estimate of drug-likeness (QED) is 0.786. The van der Waals surface area contributed by atoms with Crippen LogP contribution in [0.15, 0.2) is 0 Å². The first-order valence-corrected chi connectivity index (χ1v) is 8.29. The van der Waals surface area contributed by atoms with Gasteiger partial charge in [0.25, 0.3) is 0 Å². The molecule has 1 heterocycles. The molecule has 18 heavy (non-hydrogen) atoms.